The van der Waals surface area contributed by atoms with Crippen molar-refractivity contribution in [3.05, 3.63) is 89.5 Å². The monoisotopic (exact) mass is 457 g/mol. The van der Waals surface area contributed by atoms with Crippen LogP contribution in [0.2, 0.25) is 0 Å². The zero-order valence-electron chi connectivity index (χ0n) is 18.4. The molecule has 0 saturated heterocycles. The molecule has 0 fully saturated rings. The Balaban J connectivity index is 1.38. The summed E-state index contributed by atoms with van der Waals surface area (Å²) in [5, 5.41) is 6.84. The summed E-state index contributed by atoms with van der Waals surface area (Å²) in [7, 11) is 1.64. The molecule has 33 heavy (non-hydrogen) atoms. The van der Waals surface area contributed by atoms with Gasteiger partial charge in [-0.05, 0) is 54.4 Å². The lowest BCUT2D eigenvalue weighted by atomic mass is 9.97. The topological polar surface area (TPSA) is 67.9 Å². The van der Waals surface area contributed by atoms with E-state index in [1.807, 2.05) is 48.5 Å². The third kappa shape index (κ3) is 4.50. The van der Waals surface area contributed by atoms with Gasteiger partial charge in [0.1, 0.15) is 11.3 Å². The Bertz CT molecular complexity index is 1280. The number of oxazole rings is 1. The number of fused-ring (bicyclic) bond motifs is 1. The first-order chi connectivity index (χ1) is 16.1. The van der Waals surface area contributed by atoms with Gasteiger partial charge in [-0.1, -0.05) is 53.7 Å². The van der Waals surface area contributed by atoms with Gasteiger partial charge in [0, 0.05) is 6.42 Å². The lowest BCUT2D eigenvalue weighted by Gasteiger charge is -2.21. The molecule has 5 rings (SSSR count). The van der Waals surface area contributed by atoms with Crippen molar-refractivity contribution in [3.63, 3.8) is 0 Å². The quantitative estimate of drug-likeness (QED) is 0.352. The molecule has 1 amide bonds. The number of carbonyl (C=O) groups excluding carboxylic acids is 1. The number of carbonyl (C=O) groups is 1. The Kier molecular flexibility index (Phi) is 5.88. The van der Waals surface area contributed by atoms with Gasteiger partial charge < -0.3 is 9.15 Å². The first kappa shape index (κ1) is 21.3. The van der Waals surface area contributed by atoms with E-state index >= 15 is 0 Å². The SMILES string of the molecule is COc1ccc(C2=NN(C(=O)CSc3nc4ccccc4o3)[C@H](c3ccc(C)cc3)C2)cc1. The van der Waals surface area contributed by atoms with E-state index in [0.717, 1.165) is 28.1 Å². The number of aromatic nitrogens is 1. The number of nitrogens with zero attached hydrogens (tertiary/aromatic N) is 3. The number of aryl methyl sites for hydroxylation is 1. The van der Waals surface area contributed by atoms with Crippen molar-refractivity contribution in [2.45, 2.75) is 24.6 Å². The Hall–Kier alpha value is -3.58. The summed E-state index contributed by atoms with van der Waals surface area (Å²) in [5.74, 6) is 0.889. The van der Waals surface area contributed by atoms with Crippen molar-refractivity contribution in [2.75, 3.05) is 12.9 Å². The summed E-state index contributed by atoms with van der Waals surface area (Å²) in [5.41, 5.74) is 5.60. The molecule has 2 heterocycles. The highest BCUT2D eigenvalue weighted by Crippen LogP contribution is 2.34. The van der Waals surface area contributed by atoms with Crippen molar-refractivity contribution >= 4 is 34.5 Å². The van der Waals surface area contributed by atoms with Crippen LogP contribution in [0.1, 0.15) is 29.2 Å². The molecule has 1 aliphatic rings. The molecule has 7 heteroatoms. The second-order valence-corrected chi connectivity index (χ2v) is 8.81. The molecular formula is C26H23N3O3S. The second-order valence-electron chi connectivity index (χ2n) is 7.88. The summed E-state index contributed by atoms with van der Waals surface area (Å²) in [4.78, 5) is 17.7. The van der Waals surface area contributed by atoms with Crippen LogP contribution in [0.3, 0.4) is 0 Å². The molecule has 1 aromatic heterocycles. The molecule has 6 nitrogen and oxygen atoms in total. The fourth-order valence-electron chi connectivity index (χ4n) is 3.85. The molecule has 4 aromatic rings. The average molecular weight is 458 g/mol. The molecule has 1 atom stereocenters. The van der Waals surface area contributed by atoms with Gasteiger partial charge in [-0.3, -0.25) is 4.79 Å². The number of thioether (sulfide) groups is 1. The number of ether oxygens (including phenoxy) is 1. The molecule has 0 unspecified atom stereocenters. The molecule has 166 valence electrons. The van der Waals surface area contributed by atoms with Gasteiger partial charge >= 0.3 is 0 Å². The lowest BCUT2D eigenvalue weighted by Crippen LogP contribution is -2.28. The van der Waals surface area contributed by atoms with Crippen molar-refractivity contribution in [2.24, 2.45) is 5.10 Å². The van der Waals surface area contributed by atoms with E-state index in [1.165, 1.54) is 17.3 Å². The van der Waals surface area contributed by atoms with Crippen LogP contribution in [-0.2, 0) is 4.79 Å². The third-order valence-electron chi connectivity index (χ3n) is 5.64. The third-order valence-corrected chi connectivity index (χ3v) is 6.46. The van der Waals surface area contributed by atoms with Gasteiger partial charge in [-0.25, -0.2) is 9.99 Å². The first-order valence-corrected chi connectivity index (χ1v) is 11.7. The molecule has 0 N–H and O–H groups in total. The van der Waals surface area contributed by atoms with Gasteiger partial charge in [-0.15, -0.1) is 0 Å². The van der Waals surface area contributed by atoms with Gasteiger partial charge in [0.15, 0.2) is 5.58 Å². The number of hydrogen-bond donors (Lipinski definition) is 0. The normalized spacial score (nSPS) is 15.6. The molecule has 0 saturated carbocycles. The van der Waals surface area contributed by atoms with Gasteiger partial charge in [0.25, 0.3) is 11.1 Å². The zero-order valence-corrected chi connectivity index (χ0v) is 19.2. The lowest BCUT2D eigenvalue weighted by molar-refractivity contribution is -0.130. The highest BCUT2D eigenvalue weighted by Gasteiger charge is 2.33. The smallest absolute Gasteiger partial charge is 0.257 e. The van der Waals surface area contributed by atoms with Crippen molar-refractivity contribution in [1.82, 2.24) is 9.99 Å². The Morgan fingerprint density at radius 1 is 1.09 bits per heavy atom. The largest absolute Gasteiger partial charge is 0.497 e. The number of para-hydroxylation sites is 2. The van der Waals surface area contributed by atoms with Crippen LogP contribution in [-0.4, -0.2) is 34.5 Å². The fourth-order valence-corrected chi connectivity index (χ4v) is 4.54. The first-order valence-electron chi connectivity index (χ1n) is 10.7. The average Bonchev–Trinajstić information content (AvgIpc) is 3.48. The van der Waals surface area contributed by atoms with E-state index in [0.29, 0.717) is 17.2 Å². The standard InChI is InChI=1S/C26H23N3O3S/c1-17-7-9-19(10-8-17)23-15-22(18-11-13-20(31-2)14-12-18)28-29(23)25(30)16-33-26-27-21-5-3-4-6-24(21)32-26/h3-14,23H,15-16H2,1-2H3/t23-/m0/s1. The van der Waals surface area contributed by atoms with E-state index in [9.17, 15) is 4.79 Å². The second kappa shape index (κ2) is 9.11. The predicted molar refractivity (Wildman–Crippen MR) is 130 cm³/mol. The van der Waals surface area contributed by atoms with Crippen LogP contribution in [0.5, 0.6) is 5.75 Å². The number of hydrogen-bond acceptors (Lipinski definition) is 6. The fraction of sp³-hybridized carbons (Fsp3) is 0.192. The molecule has 0 spiro atoms. The molecule has 0 aliphatic carbocycles. The molecule has 0 bridgehead atoms. The van der Waals surface area contributed by atoms with Crippen LogP contribution in [0.15, 0.2) is 87.5 Å². The highest BCUT2D eigenvalue weighted by atomic mass is 32.2. The number of rotatable bonds is 6. The highest BCUT2D eigenvalue weighted by molar-refractivity contribution is 7.99. The van der Waals surface area contributed by atoms with Gasteiger partial charge in [0.2, 0.25) is 0 Å². The number of hydrazone groups is 1. The summed E-state index contributed by atoms with van der Waals surface area (Å²) in [6.07, 6.45) is 0.648. The molecule has 1 aliphatic heterocycles. The maximum absolute atomic E-state index is 13.3. The van der Waals surface area contributed by atoms with Crippen molar-refractivity contribution in [3.8, 4) is 5.75 Å². The van der Waals surface area contributed by atoms with Crippen LogP contribution >= 0.6 is 11.8 Å². The van der Waals surface area contributed by atoms with Gasteiger partial charge in [-0.2, -0.15) is 5.10 Å². The minimum atomic E-state index is -0.153. The van der Waals surface area contributed by atoms with E-state index in [2.05, 4.69) is 36.2 Å². The summed E-state index contributed by atoms with van der Waals surface area (Å²) in [6, 6.07) is 23.5. The predicted octanol–water partition coefficient (Wildman–Crippen LogP) is 5.61. The van der Waals surface area contributed by atoms with Crippen LogP contribution in [0, 0.1) is 6.92 Å². The summed E-state index contributed by atoms with van der Waals surface area (Å²) in [6.45, 7) is 2.05. The Morgan fingerprint density at radius 2 is 1.85 bits per heavy atom. The van der Waals surface area contributed by atoms with Crippen LogP contribution < -0.4 is 4.74 Å². The zero-order chi connectivity index (χ0) is 22.8. The minimum absolute atomic E-state index is 0.0867. The summed E-state index contributed by atoms with van der Waals surface area (Å²) < 4.78 is 11.0. The number of benzene rings is 3. The minimum Gasteiger partial charge on any atom is -0.497 e. The number of methoxy groups -OCH3 is 1. The van der Waals surface area contributed by atoms with Crippen LogP contribution in [0.25, 0.3) is 11.1 Å². The number of amides is 1. The van der Waals surface area contributed by atoms with Crippen LogP contribution in [0.4, 0.5) is 0 Å². The van der Waals surface area contributed by atoms with Crippen molar-refractivity contribution < 1.29 is 13.9 Å². The molecule has 3 aromatic carbocycles. The maximum Gasteiger partial charge on any atom is 0.257 e. The summed E-state index contributed by atoms with van der Waals surface area (Å²) >= 11 is 1.29. The molecule has 0 radical (unpaired) electrons. The van der Waals surface area contributed by atoms with E-state index in [-0.39, 0.29) is 17.7 Å². The van der Waals surface area contributed by atoms with E-state index < -0.39 is 0 Å². The van der Waals surface area contributed by atoms with Crippen molar-refractivity contribution in [1.29, 1.82) is 0 Å². The maximum atomic E-state index is 13.3. The van der Waals surface area contributed by atoms with Gasteiger partial charge in [0.05, 0.1) is 24.6 Å². The molecular weight excluding hydrogens is 434 g/mol. The Morgan fingerprint density at radius 3 is 2.58 bits per heavy atom. The Labute approximate surface area is 196 Å². The van der Waals surface area contributed by atoms with E-state index in [1.54, 1.807) is 12.1 Å². The van der Waals surface area contributed by atoms with E-state index in [4.69, 9.17) is 14.3 Å².